The van der Waals surface area contributed by atoms with Crippen LogP contribution < -0.4 is 0 Å². The molecule has 1 aromatic heterocycles. The lowest BCUT2D eigenvalue weighted by Gasteiger charge is -2.18. The van der Waals surface area contributed by atoms with Crippen LogP contribution in [0.15, 0.2) is 30.5 Å². The summed E-state index contributed by atoms with van der Waals surface area (Å²) in [7, 11) is 0. The van der Waals surface area contributed by atoms with Gasteiger partial charge in [-0.3, -0.25) is 0 Å². The van der Waals surface area contributed by atoms with Crippen LogP contribution in [0, 0.1) is 5.92 Å². The van der Waals surface area contributed by atoms with E-state index in [0.717, 1.165) is 30.0 Å². The SMILES string of the molecule is CC1CCn2cc(-c3ccc(C(=O)O)cc3)nc2C1. The van der Waals surface area contributed by atoms with Gasteiger partial charge in [0.15, 0.2) is 0 Å². The zero-order valence-corrected chi connectivity index (χ0v) is 10.8. The summed E-state index contributed by atoms with van der Waals surface area (Å²) in [5.41, 5.74) is 2.21. The molecular weight excluding hydrogens is 240 g/mol. The van der Waals surface area contributed by atoms with E-state index in [1.165, 1.54) is 6.42 Å². The zero-order valence-electron chi connectivity index (χ0n) is 10.8. The van der Waals surface area contributed by atoms with Crippen molar-refractivity contribution in [1.29, 1.82) is 0 Å². The molecule has 0 radical (unpaired) electrons. The van der Waals surface area contributed by atoms with Gasteiger partial charge in [0, 0.05) is 24.7 Å². The monoisotopic (exact) mass is 256 g/mol. The summed E-state index contributed by atoms with van der Waals surface area (Å²) >= 11 is 0. The van der Waals surface area contributed by atoms with Crippen LogP contribution in [0.1, 0.15) is 29.5 Å². The lowest BCUT2D eigenvalue weighted by Crippen LogP contribution is -2.16. The zero-order chi connectivity index (χ0) is 13.4. The van der Waals surface area contributed by atoms with Crippen molar-refractivity contribution in [2.24, 2.45) is 5.92 Å². The highest BCUT2D eigenvalue weighted by Crippen LogP contribution is 2.25. The van der Waals surface area contributed by atoms with Crippen molar-refractivity contribution in [2.45, 2.75) is 26.3 Å². The second kappa shape index (κ2) is 4.53. The Bertz CT molecular complexity index is 614. The summed E-state index contributed by atoms with van der Waals surface area (Å²) in [6.07, 6.45) is 4.28. The average molecular weight is 256 g/mol. The van der Waals surface area contributed by atoms with Gasteiger partial charge in [0.2, 0.25) is 0 Å². The van der Waals surface area contributed by atoms with E-state index in [2.05, 4.69) is 22.7 Å². The normalized spacial score (nSPS) is 18.1. The number of aryl methyl sites for hydroxylation is 1. The Balaban J connectivity index is 1.92. The van der Waals surface area contributed by atoms with Crippen LogP contribution in [0.3, 0.4) is 0 Å². The van der Waals surface area contributed by atoms with Crippen molar-refractivity contribution in [2.75, 3.05) is 0 Å². The molecule has 0 bridgehead atoms. The maximum Gasteiger partial charge on any atom is 0.335 e. The number of carboxylic acid groups (broad SMARTS) is 1. The van der Waals surface area contributed by atoms with Gasteiger partial charge in [-0.05, 0) is 24.5 Å². The third kappa shape index (κ3) is 2.26. The van der Waals surface area contributed by atoms with E-state index in [1.54, 1.807) is 12.1 Å². The van der Waals surface area contributed by atoms with Crippen molar-refractivity contribution in [3.63, 3.8) is 0 Å². The molecule has 1 N–H and O–H groups in total. The number of hydrogen-bond donors (Lipinski definition) is 1. The highest BCUT2D eigenvalue weighted by molar-refractivity contribution is 5.88. The van der Waals surface area contributed by atoms with Gasteiger partial charge < -0.3 is 9.67 Å². The Hall–Kier alpha value is -2.10. The minimum absolute atomic E-state index is 0.307. The van der Waals surface area contributed by atoms with Gasteiger partial charge in [-0.25, -0.2) is 9.78 Å². The molecule has 2 heterocycles. The Labute approximate surface area is 111 Å². The number of imidazole rings is 1. The first-order valence-corrected chi connectivity index (χ1v) is 6.53. The Morgan fingerprint density at radius 2 is 2.11 bits per heavy atom. The van der Waals surface area contributed by atoms with Gasteiger partial charge in [0.25, 0.3) is 0 Å². The van der Waals surface area contributed by atoms with Gasteiger partial charge in [0.1, 0.15) is 5.82 Å². The predicted molar refractivity (Wildman–Crippen MR) is 72.1 cm³/mol. The first-order valence-electron chi connectivity index (χ1n) is 6.53. The van der Waals surface area contributed by atoms with E-state index in [9.17, 15) is 4.79 Å². The topological polar surface area (TPSA) is 55.1 Å². The third-order valence-corrected chi connectivity index (χ3v) is 3.68. The number of nitrogens with zero attached hydrogens (tertiary/aromatic N) is 2. The Morgan fingerprint density at radius 1 is 1.37 bits per heavy atom. The van der Waals surface area contributed by atoms with Crippen molar-refractivity contribution < 1.29 is 9.90 Å². The molecule has 0 saturated carbocycles. The molecule has 1 aliphatic rings. The number of benzene rings is 1. The van der Waals surface area contributed by atoms with Crippen LogP contribution in [-0.2, 0) is 13.0 Å². The molecular formula is C15H16N2O2. The van der Waals surface area contributed by atoms with Crippen molar-refractivity contribution >= 4 is 5.97 Å². The van der Waals surface area contributed by atoms with Crippen molar-refractivity contribution in [3.8, 4) is 11.3 Å². The second-order valence-corrected chi connectivity index (χ2v) is 5.22. The average Bonchev–Trinajstić information content (AvgIpc) is 2.81. The second-order valence-electron chi connectivity index (χ2n) is 5.22. The minimum Gasteiger partial charge on any atom is -0.478 e. The minimum atomic E-state index is -0.899. The number of rotatable bonds is 2. The van der Waals surface area contributed by atoms with Gasteiger partial charge in [-0.15, -0.1) is 0 Å². The Kier molecular flexibility index (Phi) is 2.85. The standard InChI is InChI=1S/C15H16N2O2/c1-10-6-7-17-9-13(16-14(17)8-10)11-2-4-12(5-3-11)15(18)19/h2-5,9-10H,6-8H2,1H3,(H,18,19). The lowest BCUT2D eigenvalue weighted by atomic mass is 10.0. The first-order chi connectivity index (χ1) is 9.13. The molecule has 0 spiro atoms. The fourth-order valence-electron chi connectivity index (χ4n) is 2.51. The molecule has 2 aromatic rings. The molecule has 19 heavy (non-hydrogen) atoms. The highest BCUT2D eigenvalue weighted by Gasteiger charge is 2.17. The van der Waals surface area contributed by atoms with E-state index < -0.39 is 5.97 Å². The number of fused-ring (bicyclic) bond motifs is 1. The number of aromatic carboxylic acids is 1. The molecule has 0 saturated heterocycles. The summed E-state index contributed by atoms with van der Waals surface area (Å²) in [4.78, 5) is 15.5. The molecule has 1 aliphatic heterocycles. The molecule has 1 atom stereocenters. The summed E-state index contributed by atoms with van der Waals surface area (Å²) in [5.74, 6) is 0.928. The Morgan fingerprint density at radius 3 is 2.79 bits per heavy atom. The number of carboxylic acids is 1. The molecule has 0 amide bonds. The number of hydrogen-bond acceptors (Lipinski definition) is 2. The summed E-state index contributed by atoms with van der Waals surface area (Å²) in [6.45, 7) is 3.27. The molecule has 0 fully saturated rings. The van der Waals surface area contributed by atoms with E-state index in [4.69, 9.17) is 5.11 Å². The van der Waals surface area contributed by atoms with E-state index in [0.29, 0.717) is 11.5 Å². The molecule has 1 aromatic carbocycles. The van der Waals surface area contributed by atoms with Crippen LogP contribution >= 0.6 is 0 Å². The molecule has 4 nitrogen and oxygen atoms in total. The van der Waals surface area contributed by atoms with E-state index >= 15 is 0 Å². The van der Waals surface area contributed by atoms with Crippen LogP contribution in [0.25, 0.3) is 11.3 Å². The van der Waals surface area contributed by atoms with Crippen molar-refractivity contribution in [1.82, 2.24) is 9.55 Å². The number of aromatic nitrogens is 2. The third-order valence-electron chi connectivity index (χ3n) is 3.68. The highest BCUT2D eigenvalue weighted by atomic mass is 16.4. The van der Waals surface area contributed by atoms with Gasteiger partial charge >= 0.3 is 5.97 Å². The van der Waals surface area contributed by atoms with Crippen LogP contribution in [0.4, 0.5) is 0 Å². The molecule has 98 valence electrons. The van der Waals surface area contributed by atoms with Gasteiger partial charge in [-0.2, -0.15) is 0 Å². The fourth-order valence-corrected chi connectivity index (χ4v) is 2.51. The fraction of sp³-hybridized carbons (Fsp3) is 0.333. The quantitative estimate of drug-likeness (QED) is 0.898. The first kappa shape index (κ1) is 12.0. The largest absolute Gasteiger partial charge is 0.478 e. The van der Waals surface area contributed by atoms with Gasteiger partial charge in [-0.1, -0.05) is 19.1 Å². The molecule has 1 unspecified atom stereocenters. The van der Waals surface area contributed by atoms with Crippen LogP contribution in [0.5, 0.6) is 0 Å². The summed E-state index contributed by atoms with van der Waals surface area (Å²) in [5, 5.41) is 8.89. The predicted octanol–water partition coefficient (Wildman–Crippen LogP) is 2.83. The summed E-state index contributed by atoms with van der Waals surface area (Å²) in [6, 6.07) is 6.89. The molecule has 3 rings (SSSR count). The van der Waals surface area contributed by atoms with Crippen LogP contribution in [-0.4, -0.2) is 20.6 Å². The molecule has 0 aliphatic carbocycles. The summed E-state index contributed by atoms with van der Waals surface area (Å²) < 4.78 is 2.21. The van der Waals surface area contributed by atoms with Gasteiger partial charge in [0.05, 0.1) is 11.3 Å². The van der Waals surface area contributed by atoms with E-state index in [1.807, 2.05) is 12.1 Å². The smallest absolute Gasteiger partial charge is 0.335 e. The lowest BCUT2D eigenvalue weighted by molar-refractivity contribution is 0.0697. The van der Waals surface area contributed by atoms with Crippen LogP contribution in [0.2, 0.25) is 0 Å². The number of carbonyl (C=O) groups is 1. The van der Waals surface area contributed by atoms with Crippen molar-refractivity contribution in [3.05, 3.63) is 41.9 Å². The molecule has 4 heteroatoms. The van der Waals surface area contributed by atoms with E-state index in [-0.39, 0.29) is 0 Å². The maximum atomic E-state index is 10.8. The maximum absolute atomic E-state index is 10.8.